The monoisotopic (exact) mass is 500 g/mol. The van der Waals surface area contributed by atoms with Crippen LogP contribution in [0, 0.1) is 0 Å². The molecule has 7 nitrogen and oxygen atoms in total. The van der Waals surface area contributed by atoms with Crippen molar-refractivity contribution in [1.82, 2.24) is 19.7 Å². The summed E-state index contributed by atoms with van der Waals surface area (Å²) in [6, 6.07) is 5.32. The van der Waals surface area contributed by atoms with Crippen LogP contribution < -0.4 is 0 Å². The van der Waals surface area contributed by atoms with E-state index in [9.17, 15) is 14.3 Å². The van der Waals surface area contributed by atoms with Gasteiger partial charge in [0.1, 0.15) is 12.3 Å². The number of hydrogen-bond acceptors (Lipinski definition) is 5. The van der Waals surface area contributed by atoms with Crippen LogP contribution in [-0.2, 0) is 28.0 Å². The summed E-state index contributed by atoms with van der Waals surface area (Å²) >= 11 is 6.52. The van der Waals surface area contributed by atoms with Crippen LogP contribution in [0.5, 0.6) is 0 Å². The first-order valence-corrected chi connectivity index (χ1v) is 12.5. The van der Waals surface area contributed by atoms with E-state index >= 15 is 0 Å². The van der Waals surface area contributed by atoms with Crippen molar-refractivity contribution in [2.75, 3.05) is 19.8 Å². The van der Waals surface area contributed by atoms with Gasteiger partial charge in [-0.05, 0) is 61.8 Å². The molecule has 3 atom stereocenters. The molecular formula is C26H30ClFN4O3. The van der Waals surface area contributed by atoms with E-state index in [1.807, 2.05) is 24.0 Å². The van der Waals surface area contributed by atoms with Crippen molar-refractivity contribution in [2.24, 2.45) is 0 Å². The fourth-order valence-electron chi connectivity index (χ4n) is 5.37. The molecule has 0 radical (unpaired) electrons. The van der Waals surface area contributed by atoms with Crippen molar-refractivity contribution < 1.29 is 19.0 Å². The van der Waals surface area contributed by atoms with E-state index in [1.54, 1.807) is 23.1 Å². The number of rotatable bonds is 5. The van der Waals surface area contributed by atoms with Crippen LogP contribution in [-0.4, -0.2) is 50.5 Å². The van der Waals surface area contributed by atoms with Crippen molar-refractivity contribution in [3.8, 4) is 0 Å². The van der Waals surface area contributed by atoms with Crippen LogP contribution >= 0.6 is 11.6 Å². The molecule has 0 bridgehead atoms. The third-order valence-corrected chi connectivity index (χ3v) is 7.66. The van der Waals surface area contributed by atoms with Gasteiger partial charge in [-0.1, -0.05) is 29.8 Å². The van der Waals surface area contributed by atoms with E-state index < -0.39 is 12.3 Å². The lowest BCUT2D eigenvalue weighted by atomic mass is 9.83. The van der Waals surface area contributed by atoms with Gasteiger partial charge in [0.2, 0.25) is 5.91 Å². The number of hydrogen-bond donors (Lipinski definition) is 1. The second-order valence-electron chi connectivity index (χ2n) is 9.70. The van der Waals surface area contributed by atoms with Gasteiger partial charge < -0.3 is 14.7 Å². The molecule has 5 rings (SSSR count). The average Bonchev–Trinajstić information content (AvgIpc) is 3.30. The van der Waals surface area contributed by atoms with Gasteiger partial charge in [-0.2, -0.15) is 5.10 Å². The number of amides is 1. The molecule has 0 saturated carbocycles. The predicted octanol–water partition coefficient (Wildman–Crippen LogP) is 4.65. The highest BCUT2D eigenvalue weighted by Gasteiger charge is 2.34. The van der Waals surface area contributed by atoms with E-state index in [-0.39, 0.29) is 24.6 Å². The van der Waals surface area contributed by atoms with Gasteiger partial charge in [0, 0.05) is 24.7 Å². The van der Waals surface area contributed by atoms with Crippen molar-refractivity contribution in [2.45, 2.75) is 63.8 Å². The van der Waals surface area contributed by atoms with Crippen LogP contribution in [0.1, 0.15) is 67.6 Å². The van der Waals surface area contributed by atoms with E-state index in [2.05, 4.69) is 10.1 Å². The first-order valence-electron chi connectivity index (χ1n) is 12.1. The number of fused-ring (bicyclic) bond motifs is 2. The Kier molecular flexibility index (Phi) is 6.55. The summed E-state index contributed by atoms with van der Waals surface area (Å²) < 4.78 is 21.2. The summed E-state index contributed by atoms with van der Waals surface area (Å²) in [4.78, 5) is 19.8. The van der Waals surface area contributed by atoms with Crippen LogP contribution in [0.3, 0.4) is 0 Å². The first-order chi connectivity index (χ1) is 16.8. The van der Waals surface area contributed by atoms with Crippen molar-refractivity contribution >= 4 is 28.5 Å². The molecule has 1 unspecified atom stereocenters. The molecule has 4 heterocycles. The number of carbonyl (C=O) groups is 1. The molecule has 0 spiro atoms. The molecule has 3 aromatic rings. The molecular weight excluding hydrogens is 471 g/mol. The number of aliphatic hydroxyl groups is 1. The van der Waals surface area contributed by atoms with Gasteiger partial charge >= 0.3 is 0 Å². The topological polar surface area (TPSA) is 80.5 Å². The maximum atomic E-state index is 13.5. The van der Waals surface area contributed by atoms with Gasteiger partial charge in [-0.25, -0.2) is 14.1 Å². The molecule has 2 aliphatic rings. The minimum atomic E-state index is -1.55. The molecule has 1 saturated heterocycles. The zero-order chi connectivity index (χ0) is 24.7. The number of ether oxygens (including phenoxy) is 1. The fraction of sp³-hybridized carbons (Fsp3) is 0.500. The van der Waals surface area contributed by atoms with E-state index in [0.717, 1.165) is 35.8 Å². The Morgan fingerprint density at radius 1 is 1.34 bits per heavy atom. The number of nitrogens with zero attached hydrogens (tertiary/aromatic N) is 4. The van der Waals surface area contributed by atoms with E-state index in [4.69, 9.17) is 16.3 Å². The van der Waals surface area contributed by atoms with E-state index in [0.29, 0.717) is 41.4 Å². The van der Waals surface area contributed by atoms with Crippen LogP contribution in [0.2, 0.25) is 5.02 Å². The zero-order valence-corrected chi connectivity index (χ0v) is 20.8. The number of aromatic nitrogens is 3. The van der Waals surface area contributed by atoms with Crippen LogP contribution in [0.25, 0.3) is 11.0 Å². The maximum absolute atomic E-state index is 13.5. The Labute approximate surface area is 208 Å². The highest BCUT2D eigenvalue weighted by atomic mass is 35.5. The molecule has 9 heteroatoms. The number of alkyl halides is 1. The predicted molar refractivity (Wildman–Crippen MR) is 131 cm³/mol. The third-order valence-electron chi connectivity index (χ3n) is 7.33. The second-order valence-corrected chi connectivity index (χ2v) is 10.1. The number of halogens is 2. The zero-order valence-electron chi connectivity index (χ0n) is 20.0. The molecule has 0 aliphatic carbocycles. The lowest BCUT2D eigenvalue weighted by molar-refractivity contribution is -0.133. The smallest absolute Gasteiger partial charge is 0.227 e. The highest BCUT2D eigenvalue weighted by Crippen LogP contribution is 2.37. The maximum Gasteiger partial charge on any atom is 0.227 e. The summed E-state index contributed by atoms with van der Waals surface area (Å²) in [5.74, 6) is -0.0538. The first kappa shape index (κ1) is 24.2. The standard InChI is InChI=1S/C26H30ClFN4O3/c1-16-17-6-5-7-21(26(2,34)15-28)18(17)9-10-31(16)23(33)12-19-20-13-30-32(24-8-3-4-11-35-24)25(20)29-14-22(19)27/h5-7,13-14,16,24,34H,3-4,8-12,15H2,1-2H3/t16-,24?,26-/m0/s1. The Bertz CT molecular complexity index is 1250. The summed E-state index contributed by atoms with van der Waals surface area (Å²) in [6.07, 6.45) is 6.79. The number of benzene rings is 1. The van der Waals surface area contributed by atoms with Gasteiger partial charge in [-0.15, -0.1) is 0 Å². The molecule has 1 aromatic carbocycles. The van der Waals surface area contributed by atoms with Crippen molar-refractivity contribution in [3.63, 3.8) is 0 Å². The Balaban J connectivity index is 1.42. The number of carbonyl (C=O) groups excluding carboxylic acids is 1. The quantitative estimate of drug-likeness (QED) is 0.551. The molecule has 2 aromatic heterocycles. The Hall–Kier alpha value is -2.55. The molecule has 1 fully saturated rings. The SMILES string of the molecule is C[C@H]1c2cccc([C@@](C)(O)CF)c2CCN1C(=O)Cc1c(Cl)cnc2c1cnn2C1CCCCO1. The van der Waals surface area contributed by atoms with Crippen LogP contribution in [0.4, 0.5) is 4.39 Å². The minimum absolute atomic E-state index is 0.0538. The van der Waals surface area contributed by atoms with Crippen molar-refractivity contribution in [1.29, 1.82) is 0 Å². The van der Waals surface area contributed by atoms with Gasteiger partial charge in [-0.3, -0.25) is 4.79 Å². The number of pyridine rings is 1. The normalized spacial score (nSPS) is 22.1. The summed E-state index contributed by atoms with van der Waals surface area (Å²) in [5.41, 5.74) is 2.27. The van der Waals surface area contributed by atoms with Gasteiger partial charge in [0.25, 0.3) is 0 Å². The highest BCUT2D eigenvalue weighted by molar-refractivity contribution is 6.32. The summed E-state index contributed by atoms with van der Waals surface area (Å²) in [5, 5.41) is 16.2. The molecule has 1 amide bonds. The summed E-state index contributed by atoms with van der Waals surface area (Å²) in [7, 11) is 0. The largest absolute Gasteiger partial charge is 0.383 e. The lowest BCUT2D eigenvalue weighted by Gasteiger charge is -2.38. The molecule has 35 heavy (non-hydrogen) atoms. The molecule has 186 valence electrons. The van der Waals surface area contributed by atoms with Crippen LogP contribution in [0.15, 0.2) is 30.6 Å². The third kappa shape index (κ3) is 4.32. The Morgan fingerprint density at radius 3 is 2.91 bits per heavy atom. The fourth-order valence-corrected chi connectivity index (χ4v) is 5.59. The average molecular weight is 501 g/mol. The Morgan fingerprint density at radius 2 is 2.17 bits per heavy atom. The van der Waals surface area contributed by atoms with E-state index in [1.165, 1.54) is 6.92 Å². The van der Waals surface area contributed by atoms with Gasteiger partial charge in [0.15, 0.2) is 11.9 Å². The van der Waals surface area contributed by atoms with Gasteiger partial charge in [0.05, 0.1) is 23.7 Å². The van der Waals surface area contributed by atoms with Crippen molar-refractivity contribution in [3.05, 3.63) is 57.9 Å². The minimum Gasteiger partial charge on any atom is -0.383 e. The summed E-state index contributed by atoms with van der Waals surface area (Å²) in [6.45, 7) is 3.76. The lowest BCUT2D eigenvalue weighted by Crippen LogP contribution is -2.41. The second kappa shape index (κ2) is 9.48. The molecule has 2 aliphatic heterocycles. The molecule has 1 N–H and O–H groups in total.